The summed E-state index contributed by atoms with van der Waals surface area (Å²) in [5.74, 6) is 1.15. The maximum Gasteiger partial charge on any atom is 0.333 e. The number of nitrogens with one attached hydrogen (secondary N) is 2. The van der Waals surface area contributed by atoms with Gasteiger partial charge in [-0.3, -0.25) is 14.4 Å². The number of pyridine rings is 1. The number of urea groups is 1. The molecule has 1 aliphatic heterocycles. The molecule has 11 nitrogen and oxygen atoms in total. The van der Waals surface area contributed by atoms with Gasteiger partial charge < -0.3 is 10.2 Å². The Balaban J connectivity index is 1.33. The summed E-state index contributed by atoms with van der Waals surface area (Å²) in [7, 11) is -2.09. The highest BCUT2D eigenvalue weighted by molar-refractivity contribution is 7.92. The van der Waals surface area contributed by atoms with Gasteiger partial charge in [0, 0.05) is 19.2 Å². The number of halogens is 1. The van der Waals surface area contributed by atoms with Crippen LogP contribution in [0.4, 0.5) is 10.5 Å². The number of hydrogen-bond acceptors (Lipinski definition) is 9. The van der Waals surface area contributed by atoms with Crippen LogP contribution >= 0.6 is 22.9 Å². The number of anilines is 1. The number of fused-ring (bicyclic) bond motifs is 1. The number of thiophene rings is 1. The van der Waals surface area contributed by atoms with Crippen LogP contribution in [-0.2, 0) is 10.0 Å². The van der Waals surface area contributed by atoms with E-state index in [0.717, 1.165) is 35.8 Å². The molecule has 14 heteroatoms. The molecule has 1 aromatic carbocycles. The summed E-state index contributed by atoms with van der Waals surface area (Å²) in [4.78, 5) is 40.4. The molecule has 4 aromatic rings. The Labute approximate surface area is 214 Å². The van der Waals surface area contributed by atoms with Crippen LogP contribution in [0.1, 0.15) is 5.56 Å². The molecule has 184 valence electrons. The maximum absolute atomic E-state index is 13.1. The zero-order chi connectivity index (χ0) is 25.4. The van der Waals surface area contributed by atoms with Crippen LogP contribution in [0.25, 0.3) is 16.7 Å². The Morgan fingerprint density at radius 2 is 1.97 bits per heavy atom. The topological polar surface area (TPSA) is 139 Å². The summed E-state index contributed by atoms with van der Waals surface area (Å²) in [5.41, 5.74) is 1.35. The Hall–Kier alpha value is -3.81. The van der Waals surface area contributed by atoms with Gasteiger partial charge in [0.15, 0.2) is 0 Å². The molecular formula is C22H18ClN7O4S2. The molecule has 1 aliphatic rings. The molecule has 0 saturated carbocycles. The molecule has 0 spiro atoms. The SMILES string of the molecule is CN1CCN=C1c1ccc2c(=O)n(-c3ccc(NC(=O)NS(=O)(=O)c4ccc(Cl)s4)cn3)cnc2c1. The van der Waals surface area contributed by atoms with E-state index in [9.17, 15) is 18.0 Å². The van der Waals surface area contributed by atoms with Crippen LogP contribution in [0.15, 0.2) is 69.0 Å². The largest absolute Gasteiger partial charge is 0.358 e. The second-order valence-electron chi connectivity index (χ2n) is 7.80. The fraction of sp³-hybridized carbons (Fsp3) is 0.136. The smallest absolute Gasteiger partial charge is 0.333 e. The standard InChI is InChI=1S/C22H18ClN7O4S2/c1-29-9-8-24-20(29)13-2-4-15-16(10-13)26-12-30(21(15)31)18-6-3-14(11-25-18)27-22(32)28-36(33,34)19-7-5-17(23)35-19/h2-7,10-12H,8-9H2,1H3,(H2,27,28,32). The normalized spacial score (nSPS) is 13.6. The minimum Gasteiger partial charge on any atom is -0.358 e. The fourth-order valence-corrected chi connectivity index (χ4v) is 6.03. The van der Waals surface area contributed by atoms with Gasteiger partial charge in [-0.15, -0.1) is 11.3 Å². The van der Waals surface area contributed by atoms with Crippen LogP contribution < -0.4 is 15.6 Å². The van der Waals surface area contributed by atoms with E-state index in [1.165, 1.54) is 41.4 Å². The number of carbonyl (C=O) groups excluding carboxylic acids is 1. The highest BCUT2D eigenvalue weighted by Crippen LogP contribution is 2.25. The number of amides is 2. The van der Waals surface area contributed by atoms with Gasteiger partial charge >= 0.3 is 6.03 Å². The van der Waals surface area contributed by atoms with E-state index in [1.54, 1.807) is 6.07 Å². The second kappa shape index (κ2) is 9.33. The Morgan fingerprint density at radius 1 is 1.14 bits per heavy atom. The van der Waals surface area contributed by atoms with E-state index in [2.05, 4.69) is 25.2 Å². The van der Waals surface area contributed by atoms with Crippen molar-refractivity contribution in [3.05, 3.63) is 75.2 Å². The van der Waals surface area contributed by atoms with Crippen molar-refractivity contribution >= 4 is 61.4 Å². The number of amidine groups is 1. The number of aromatic nitrogens is 3. The van der Waals surface area contributed by atoms with Gasteiger partial charge in [-0.25, -0.2) is 27.9 Å². The summed E-state index contributed by atoms with van der Waals surface area (Å²) in [6.45, 7) is 1.58. The predicted octanol–water partition coefficient (Wildman–Crippen LogP) is 2.70. The molecule has 0 atom stereocenters. The molecular weight excluding hydrogens is 526 g/mol. The third kappa shape index (κ3) is 4.67. The Kier molecular flexibility index (Phi) is 6.20. The average Bonchev–Trinajstić information content (AvgIpc) is 3.48. The van der Waals surface area contributed by atoms with Crippen molar-refractivity contribution in [1.82, 2.24) is 24.2 Å². The molecule has 0 saturated heterocycles. The second-order valence-corrected chi connectivity index (χ2v) is 11.4. The first-order chi connectivity index (χ1) is 17.2. The summed E-state index contributed by atoms with van der Waals surface area (Å²) in [5, 5.41) is 2.82. The van der Waals surface area contributed by atoms with Crippen molar-refractivity contribution in [3.8, 4) is 5.82 Å². The van der Waals surface area contributed by atoms with E-state index in [1.807, 2.05) is 23.9 Å². The quantitative estimate of drug-likeness (QED) is 0.394. The molecule has 0 radical (unpaired) electrons. The molecule has 5 rings (SSSR count). The zero-order valence-electron chi connectivity index (χ0n) is 18.7. The van der Waals surface area contributed by atoms with Crippen molar-refractivity contribution in [3.63, 3.8) is 0 Å². The van der Waals surface area contributed by atoms with Gasteiger partial charge in [-0.2, -0.15) is 0 Å². The molecule has 2 N–H and O–H groups in total. The molecule has 36 heavy (non-hydrogen) atoms. The maximum atomic E-state index is 13.1. The first-order valence-corrected chi connectivity index (χ1v) is 13.2. The number of hydrogen-bond donors (Lipinski definition) is 2. The van der Waals surface area contributed by atoms with Gasteiger partial charge in [0.05, 0.1) is 33.7 Å². The number of nitrogens with zero attached hydrogens (tertiary/aromatic N) is 5. The minimum atomic E-state index is -4.06. The molecule has 0 unspecified atom stereocenters. The summed E-state index contributed by atoms with van der Waals surface area (Å²) < 4.78 is 27.9. The van der Waals surface area contributed by atoms with Crippen LogP contribution in [0.3, 0.4) is 0 Å². The van der Waals surface area contributed by atoms with Gasteiger partial charge in [0.25, 0.3) is 15.6 Å². The zero-order valence-corrected chi connectivity index (χ0v) is 21.1. The minimum absolute atomic E-state index is 0.0883. The molecule has 3 aromatic heterocycles. The number of carbonyl (C=O) groups is 1. The Bertz CT molecular complexity index is 1680. The highest BCUT2D eigenvalue weighted by Gasteiger charge is 2.20. The molecule has 0 fully saturated rings. The molecule has 0 bridgehead atoms. The average molecular weight is 544 g/mol. The molecule has 0 aliphatic carbocycles. The number of aliphatic imine (C=N–C) groups is 1. The van der Waals surface area contributed by atoms with E-state index < -0.39 is 16.1 Å². The van der Waals surface area contributed by atoms with Crippen LogP contribution in [0, 0.1) is 0 Å². The first kappa shape index (κ1) is 23.9. The van der Waals surface area contributed by atoms with Crippen molar-refractivity contribution in [2.24, 2.45) is 4.99 Å². The number of sulfonamides is 1. The van der Waals surface area contributed by atoms with Crippen molar-refractivity contribution in [2.45, 2.75) is 4.21 Å². The van der Waals surface area contributed by atoms with E-state index in [0.29, 0.717) is 10.9 Å². The summed E-state index contributed by atoms with van der Waals surface area (Å²) in [6, 6.07) is 10.1. The Morgan fingerprint density at radius 3 is 2.64 bits per heavy atom. The summed E-state index contributed by atoms with van der Waals surface area (Å²) in [6.07, 6.45) is 2.69. The van der Waals surface area contributed by atoms with Gasteiger partial charge in [0.2, 0.25) is 0 Å². The lowest BCUT2D eigenvalue weighted by Crippen LogP contribution is -2.34. The number of benzene rings is 1. The van der Waals surface area contributed by atoms with Crippen LogP contribution in [-0.4, -0.2) is 59.9 Å². The predicted molar refractivity (Wildman–Crippen MR) is 138 cm³/mol. The van der Waals surface area contributed by atoms with Crippen LogP contribution in [0.2, 0.25) is 4.34 Å². The third-order valence-electron chi connectivity index (χ3n) is 5.37. The number of likely N-dealkylation sites (N-methyl/N-ethyl adjacent to an activating group) is 1. The number of rotatable bonds is 5. The van der Waals surface area contributed by atoms with Crippen molar-refractivity contribution < 1.29 is 13.2 Å². The molecule has 2 amide bonds. The van der Waals surface area contributed by atoms with E-state index in [-0.39, 0.29) is 25.6 Å². The molecule has 4 heterocycles. The van der Waals surface area contributed by atoms with Gasteiger partial charge in [0.1, 0.15) is 22.2 Å². The fourth-order valence-electron chi connectivity index (χ4n) is 3.64. The van der Waals surface area contributed by atoms with Crippen molar-refractivity contribution in [1.29, 1.82) is 0 Å². The van der Waals surface area contributed by atoms with E-state index in [4.69, 9.17) is 11.6 Å². The van der Waals surface area contributed by atoms with E-state index >= 15 is 0 Å². The van der Waals surface area contributed by atoms with Gasteiger partial charge in [-0.05, 0) is 36.4 Å². The van der Waals surface area contributed by atoms with Gasteiger partial charge in [-0.1, -0.05) is 17.7 Å². The third-order valence-corrected chi connectivity index (χ3v) is 8.42. The summed E-state index contributed by atoms with van der Waals surface area (Å²) >= 11 is 6.59. The van der Waals surface area contributed by atoms with Crippen molar-refractivity contribution in [2.75, 3.05) is 25.5 Å². The first-order valence-electron chi connectivity index (χ1n) is 10.5. The van der Waals surface area contributed by atoms with Crippen LogP contribution in [0.5, 0.6) is 0 Å². The lowest BCUT2D eigenvalue weighted by atomic mass is 10.1. The lowest BCUT2D eigenvalue weighted by molar-refractivity contribution is 0.256. The lowest BCUT2D eigenvalue weighted by Gasteiger charge is -2.14. The highest BCUT2D eigenvalue weighted by atomic mass is 35.5. The monoisotopic (exact) mass is 543 g/mol.